The fourth-order valence-corrected chi connectivity index (χ4v) is 3.45. The number of rotatable bonds is 2. The van der Waals surface area contributed by atoms with Crippen LogP contribution in [0.25, 0.3) is 0 Å². The molecule has 6 nitrogen and oxygen atoms in total. The lowest BCUT2D eigenvalue weighted by Crippen LogP contribution is -2.49. The molecule has 2 atom stereocenters. The molecule has 0 saturated carbocycles. The number of anilines is 2. The molecule has 9 heteroatoms. The maximum absolute atomic E-state index is 13.3. The smallest absolute Gasteiger partial charge is 0.383 e. The van der Waals surface area contributed by atoms with E-state index < -0.39 is 36.5 Å². The second-order valence-corrected chi connectivity index (χ2v) is 7.08. The predicted octanol–water partition coefficient (Wildman–Crippen LogP) is 3.45. The van der Waals surface area contributed by atoms with Crippen molar-refractivity contribution in [1.29, 1.82) is 0 Å². The van der Waals surface area contributed by atoms with E-state index in [4.69, 9.17) is 5.73 Å². The molecule has 2 heterocycles. The number of aryl methyl sites for hydroxylation is 1. The van der Waals surface area contributed by atoms with Gasteiger partial charge in [0.15, 0.2) is 0 Å². The molecule has 29 heavy (non-hydrogen) atoms. The van der Waals surface area contributed by atoms with Gasteiger partial charge in [-0.25, -0.2) is 4.98 Å². The number of alkyl halides is 3. The molecule has 1 aliphatic heterocycles. The molecule has 1 aromatic heterocycles. The third-order valence-electron chi connectivity index (χ3n) is 5.06. The first-order valence-electron chi connectivity index (χ1n) is 9.12. The van der Waals surface area contributed by atoms with Crippen LogP contribution in [0.2, 0.25) is 0 Å². The molecule has 154 valence electrons. The number of halogens is 3. The van der Waals surface area contributed by atoms with Crippen molar-refractivity contribution in [3.05, 3.63) is 53.7 Å². The number of aromatic nitrogens is 1. The fraction of sp³-hybridized carbons (Fsp3) is 0.350. The van der Waals surface area contributed by atoms with Crippen LogP contribution in [0.1, 0.15) is 30.0 Å². The standard InChI is InChI=1S/C20H21F3N4O2/c1-12-9-15(10-25-17(12)24)26-18(28)19(29)27-11-14(20(21,22)23)7-8-16(27)13-5-3-2-4-6-13/h2-6,9-10,14,16H,7-8,11H2,1H3,(H2,24,25)(H,26,28)/t14?,16-/m1/s1. The van der Waals surface area contributed by atoms with Gasteiger partial charge in [-0.1, -0.05) is 30.3 Å². The number of nitrogens with one attached hydrogen (secondary N) is 1. The van der Waals surface area contributed by atoms with E-state index in [2.05, 4.69) is 10.3 Å². The number of likely N-dealkylation sites (tertiary alicyclic amines) is 1. The first-order valence-corrected chi connectivity index (χ1v) is 9.12. The number of nitrogens with zero attached hydrogens (tertiary/aromatic N) is 2. The minimum Gasteiger partial charge on any atom is -0.383 e. The largest absolute Gasteiger partial charge is 0.393 e. The van der Waals surface area contributed by atoms with Gasteiger partial charge in [0, 0.05) is 6.54 Å². The molecule has 1 fully saturated rings. The summed E-state index contributed by atoms with van der Waals surface area (Å²) in [6.45, 7) is 1.12. The predicted molar refractivity (Wildman–Crippen MR) is 102 cm³/mol. The van der Waals surface area contributed by atoms with Gasteiger partial charge in [0.25, 0.3) is 0 Å². The van der Waals surface area contributed by atoms with Gasteiger partial charge in [-0.15, -0.1) is 0 Å². The summed E-state index contributed by atoms with van der Waals surface area (Å²) >= 11 is 0. The molecule has 0 aliphatic carbocycles. The summed E-state index contributed by atoms with van der Waals surface area (Å²) in [5.41, 5.74) is 7.17. The molecule has 0 radical (unpaired) electrons. The Morgan fingerprint density at radius 2 is 1.90 bits per heavy atom. The molecule has 3 rings (SSSR count). The summed E-state index contributed by atoms with van der Waals surface area (Å²) in [5.74, 6) is -3.41. The van der Waals surface area contributed by atoms with E-state index in [1.165, 1.54) is 12.3 Å². The molecule has 2 aromatic rings. The Bertz CT molecular complexity index is 902. The van der Waals surface area contributed by atoms with Crippen molar-refractivity contribution >= 4 is 23.3 Å². The molecule has 3 N–H and O–H groups in total. The van der Waals surface area contributed by atoms with Gasteiger partial charge in [0.1, 0.15) is 5.82 Å². The minimum atomic E-state index is -4.44. The van der Waals surface area contributed by atoms with E-state index in [0.717, 1.165) is 4.90 Å². The highest BCUT2D eigenvalue weighted by atomic mass is 19.4. The average molecular weight is 406 g/mol. The zero-order valence-corrected chi connectivity index (χ0v) is 15.7. The van der Waals surface area contributed by atoms with Crippen molar-refractivity contribution in [3.63, 3.8) is 0 Å². The fourth-order valence-electron chi connectivity index (χ4n) is 3.45. The van der Waals surface area contributed by atoms with Crippen LogP contribution in [0.15, 0.2) is 42.6 Å². The number of nitrogen functional groups attached to an aromatic ring is 1. The van der Waals surface area contributed by atoms with Gasteiger partial charge in [-0.05, 0) is 37.0 Å². The first kappa shape index (κ1) is 20.6. The quantitative estimate of drug-likeness (QED) is 0.748. The summed E-state index contributed by atoms with van der Waals surface area (Å²) in [7, 11) is 0. The molecule has 0 spiro atoms. The van der Waals surface area contributed by atoms with E-state index in [1.807, 2.05) is 0 Å². The molecular formula is C20H21F3N4O2. The zero-order valence-electron chi connectivity index (χ0n) is 15.7. The summed E-state index contributed by atoms with van der Waals surface area (Å²) in [6, 6.07) is 9.69. The maximum atomic E-state index is 13.3. The second-order valence-electron chi connectivity index (χ2n) is 7.08. The van der Waals surface area contributed by atoms with Crippen molar-refractivity contribution < 1.29 is 22.8 Å². The van der Waals surface area contributed by atoms with E-state index in [0.29, 0.717) is 11.1 Å². The van der Waals surface area contributed by atoms with E-state index in [-0.39, 0.29) is 24.3 Å². The van der Waals surface area contributed by atoms with Gasteiger partial charge in [-0.2, -0.15) is 13.2 Å². The van der Waals surface area contributed by atoms with Crippen LogP contribution in [-0.2, 0) is 9.59 Å². The van der Waals surface area contributed by atoms with Crippen LogP contribution in [-0.4, -0.2) is 34.4 Å². The number of nitrogens with two attached hydrogens (primary N) is 1. The van der Waals surface area contributed by atoms with Crippen LogP contribution < -0.4 is 11.1 Å². The van der Waals surface area contributed by atoms with E-state index >= 15 is 0 Å². The van der Waals surface area contributed by atoms with Crippen molar-refractivity contribution in [1.82, 2.24) is 9.88 Å². The lowest BCUT2D eigenvalue weighted by atomic mass is 9.88. The molecule has 0 bridgehead atoms. The number of hydrogen-bond acceptors (Lipinski definition) is 4. The van der Waals surface area contributed by atoms with Gasteiger partial charge in [-0.3, -0.25) is 9.59 Å². The van der Waals surface area contributed by atoms with E-state index in [1.54, 1.807) is 37.3 Å². The van der Waals surface area contributed by atoms with Crippen LogP contribution in [0, 0.1) is 12.8 Å². The molecule has 1 saturated heterocycles. The molecule has 1 unspecified atom stereocenters. The SMILES string of the molecule is Cc1cc(NC(=O)C(=O)N2CC(C(F)(F)F)CC[C@@H]2c2ccccc2)cnc1N. The summed E-state index contributed by atoms with van der Waals surface area (Å²) < 4.78 is 39.8. The Labute approximate surface area is 165 Å². The van der Waals surface area contributed by atoms with Crippen molar-refractivity contribution in [2.45, 2.75) is 32.0 Å². The third kappa shape index (κ3) is 4.67. The Hall–Kier alpha value is -3.10. The summed E-state index contributed by atoms with van der Waals surface area (Å²) in [6.07, 6.45) is -3.13. The number of benzene rings is 1. The minimum absolute atomic E-state index is 0.102. The number of pyridine rings is 1. The number of piperidine rings is 1. The Balaban J connectivity index is 1.83. The van der Waals surface area contributed by atoms with Crippen molar-refractivity contribution in [2.24, 2.45) is 5.92 Å². The summed E-state index contributed by atoms with van der Waals surface area (Å²) in [5, 5.41) is 2.40. The van der Waals surface area contributed by atoms with Crippen LogP contribution >= 0.6 is 0 Å². The summed E-state index contributed by atoms with van der Waals surface area (Å²) in [4.78, 5) is 30.2. The van der Waals surface area contributed by atoms with Gasteiger partial charge < -0.3 is 16.0 Å². The van der Waals surface area contributed by atoms with Gasteiger partial charge in [0.2, 0.25) is 0 Å². The molecular weight excluding hydrogens is 385 g/mol. The first-order chi connectivity index (χ1) is 13.7. The van der Waals surface area contributed by atoms with Crippen LogP contribution in [0.4, 0.5) is 24.7 Å². The average Bonchev–Trinajstić information content (AvgIpc) is 2.69. The number of carbonyl (C=O) groups is 2. The maximum Gasteiger partial charge on any atom is 0.393 e. The Morgan fingerprint density at radius 3 is 2.52 bits per heavy atom. The molecule has 1 aliphatic rings. The van der Waals surface area contributed by atoms with Gasteiger partial charge >= 0.3 is 18.0 Å². The number of hydrogen-bond donors (Lipinski definition) is 2. The second kappa shape index (κ2) is 8.10. The highest BCUT2D eigenvalue weighted by molar-refractivity contribution is 6.39. The normalized spacial score (nSPS) is 19.7. The lowest BCUT2D eigenvalue weighted by molar-refractivity contribution is -0.192. The lowest BCUT2D eigenvalue weighted by Gasteiger charge is -2.40. The third-order valence-corrected chi connectivity index (χ3v) is 5.06. The Kier molecular flexibility index (Phi) is 5.76. The van der Waals surface area contributed by atoms with Crippen LogP contribution in [0.3, 0.4) is 0 Å². The van der Waals surface area contributed by atoms with Crippen molar-refractivity contribution in [2.75, 3.05) is 17.6 Å². The topological polar surface area (TPSA) is 88.3 Å². The monoisotopic (exact) mass is 406 g/mol. The van der Waals surface area contributed by atoms with Crippen LogP contribution in [0.5, 0.6) is 0 Å². The Morgan fingerprint density at radius 1 is 1.21 bits per heavy atom. The number of amides is 2. The number of carbonyl (C=O) groups excluding carboxylic acids is 2. The highest BCUT2D eigenvalue weighted by Gasteiger charge is 2.46. The zero-order chi connectivity index (χ0) is 21.2. The van der Waals surface area contributed by atoms with Crippen molar-refractivity contribution in [3.8, 4) is 0 Å². The van der Waals surface area contributed by atoms with Gasteiger partial charge in [0.05, 0.1) is 23.8 Å². The molecule has 1 aromatic carbocycles. The van der Waals surface area contributed by atoms with E-state index in [9.17, 15) is 22.8 Å². The molecule has 2 amide bonds. The highest BCUT2D eigenvalue weighted by Crippen LogP contribution is 2.40.